The zero-order valence-electron chi connectivity index (χ0n) is 16.9. The van der Waals surface area contributed by atoms with Crippen LogP contribution >= 0.6 is 23.5 Å². The SMILES string of the molecule is CC[C@H](O)[C@@H]1C(=O)N2C(C(=O)O)=C(S[C@H]3CCN(CC(=O)c4ccc(F)cc4)C3)S[C@H]12. The van der Waals surface area contributed by atoms with Crippen molar-refractivity contribution in [2.45, 2.75) is 36.5 Å². The number of aliphatic carboxylic acids is 1. The average Bonchev–Trinajstić information content (AvgIpc) is 3.30. The lowest BCUT2D eigenvalue weighted by molar-refractivity contribution is -0.157. The van der Waals surface area contributed by atoms with Crippen molar-refractivity contribution in [3.63, 3.8) is 0 Å². The highest BCUT2D eigenvalue weighted by Crippen LogP contribution is 2.55. The highest BCUT2D eigenvalue weighted by molar-refractivity contribution is 8.23. The van der Waals surface area contributed by atoms with Gasteiger partial charge in [0.2, 0.25) is 5.91 Å². The smallest absolute Gasteiger partial charge is 0.354 e. The first kappa shape index (κ1) is 22.3. The molecule has 2 saturated heterocycles. The summed E-state index contributed by atoms with van der Waals surface area (Å²) in [6.45, 7) is 3.34. The van der Waals surface area contributed by atoms with E-state index in [1.54, 1.807) is 6.92 Å². The van der Waals surface area contributed by atoms with Crippen molar-refractivity contribution in [2.24, 2.45) is 5.92 Å². The summed E-state index contributed by atoms with van der Waals surface area (Å²) < 4.78 is 13.6. The number of rotatable bonds is 8. The van der Waals surface area contributed by atoms with Crippen LogP contribution in [0.5, 0.6) is 0 Å². The van der Waals surface area contributed by atoms with Crippen molar-refractivity contribution in [3.05, 3.63) is 45.6 Å². The number of thioether (sulfide) groups is 2. The van der Waals surface area contributed by atoms with Crippen LogP contribution in [0.25, 0.3) is 0 Å². The second-order valence-electron chi connectivity index (χ2n) is 7.85. The van der Waals surface area contributed by atoms with E-state index in [4.69, 9.17) is 0 Å². The third-order valence-corrected chi connectivity index (χ3v) is 8.67. The number of carbonyl (C=O) groups is 3. The number of ketones is 1. The molecular formula is C21H23FN2O5S2. The molecule has 3 aliphatic heterocycles. The first-order chi connectivity index (χ1) is 14.8. The summed E-state index contributed by atoms with van der Waals surface area (Å²) in [6.07, 6.45) is 0.448. The van der Waals surface area contributed by atoms with Crippen LogP contribution in [0.2, 0.25) is 0 Å². The van der Waals surface area contributed by atoms with Gasteiger partial charge in [0, 0.05) is 17.4 Å². The second-order valence-corrected chi connectivity index (χ2v) is 10.5. The van der Waals surface area contributed by atoms with Crippen molar-refractivity contribution < 1.29 is 29.0 Å². The minimum absolute atomic E-state index is 0.00499. The third-order valence-electron chi connectivity index (χ3n) is 5.82. The molecule has 0 bridgehead atoms. The summed E-state index contributed by atoms with van der Waals surface area (Å²) in [5.74, 6) is -2.52. The Kier molecular flexibility index (Phi) is 6.43. The quantitative estimate of drug-likeness (QED) is 0.445. The molecule has 4 atom stereocenters. The van der Waals surface area contributed by atoms with Crippen molar-refractivity contribution in [3.8, 4) is 0 Å². The van der Waals surface area contributed by atoms with E-state index >= 15 is 0 Å². The van der Waals surface area contributed by atoms with Crippen LogP contribution in [0.4, 0.5) is 4.39 Å². The van der Waals surface area contributed by atoms with Crippen molar-refractivity contribution in [1.29, 1.82) is 0 Å². The lowest BCUT2D eigenvalue weighted by Crippen LogP contribution is -2.61. The molecule has 7 nitrogen and oxygen atoms in total. The fraction of sp³-hybridized carbons (Fsp3) is 0.476. The van der Waals surface area contributed by atoms with Gasteiger partial charge in [-0.1, -0.05) is 18.7 Å². The normalized spacial score (nSPS) is 26.7. The zero-order chi connectivity index (χ0) is 22.3. The Bertz CT molecular complexity index is 938. The van der Waals surface area contributed by atoms with Gasteiger partial charge in [-0.15, -0.1) is 11.8 Å². The average molecular weight is 467 g/mol. The molecular weight excluding hydrogens is 443 g/mol. The highest BCUT2D eigenvalue weighted by Gasteiger charge is 2.58. The second kappa shape index (κ2) is 8.93. The van der Waals surface area contributed by atoms with Gasteiger partial charge in [0.25, 0.3) is 0 Å². The summed E-state index contributed by atoms with van der Waals surface area (Å²) in [4.78, 5) is 40.0. The van der Waals surface area contributed by atoms with Gasteiger partial charge in [-0.05, 0) is 43.7 Å². The standard InChI is InChI=1S/C21H23FN2O5S2/c1-2-14(25)16-18(27)24-17(20(28)29)21(31-19(16)24)30-13-7-8-23(9-13)10-15(26)11-3-5-12(22)6-4-11/h3-6,13-14,16,19,25H,2,7-10H2,1H3,(H,28,29)/t13-,14-,16+,19+/m0/s1. The first-order valence-electron chi connectivity index (χ1n) is 10.1. The Balaban J connectivity index is 1.38. The van der Waals surface area contributed by atoms with Crippen LogP contribution in [-0.4, -0.2) is 74.0 Å². The third kappa shape index (κ3) is 4.26. The molecule has 3 aliphatic rings. The van der Waals surface area contributed by atoms with Crippen LogP contribution in [0.3, 0.4) is 0 Å². The maximum Gasteiger partial charge on any atom is 0.354 e. The number of β-lactam (4-membered cyclic amide) rings is 1. The van der Waals surface area contributed by atoms with Crippen LogP contribution in [0, 0.1) is 11.7 Å². The maximum absolute atomic E-state index is 13.0. The molecule has 31 heavy (non-hydrogen) atoms. The minimum Gasteiger partial charge on any atom is -0.477 e. The van der Waals surface area contributed by atoms with Crippen LogP contribution in [-0.2, 0) is 9.59 Å². The predicted octanol–water partition coefficient (Wildman–Crippen LogP) is 2.37. The van der Waals surface area contributed by atoms with Gasteiger partial charge < -0.3 is 10.2 Å². The van der Waals surface area contributed by atoms with Crippen molar-refractivity contribution in [2.75, 3.05) is 19.6 Å². The number of Topliss-reactive ketones (excluding diaryl/α,β-unsaturated/α-hetero) is 1. The Labute approximate surface area is 187 Å². The molecule has 1 aromatic rings. The summed E-state index contributed by atoms with van der Waals surface area (Å²) in [7, 11) is 0. The fourth-order valence-corrected chi connectivity index (χ4v) is 7.43. The molecule has 2 N–H and O–H groups in total. The monoisotopic (exact) mass is 466 g/mol. The molecule has 0 aliphatic carbocycles. The van der Waals surface area contributed by atoms with Gasteiger partial charge in [-0.25, -0.2) is 9.18 Å². The number of carboxylic acid groups (broad SMARTS) is 1. The number of likely N-dealkylation sites (tertiary alicyclic amines) is 1. The van der Waals surface area contributed by atoms with Gasteiger partial charge in [0.1, 0.15) is 11.2 Å². The van der Waals surface area contributed by atoms with Gasteiger partial charge in [-0.2, -0.15) is 0 Å². The number of hydrogen-bond acceptors (Lipinski definition) is 7. The van der Waals surface area contributed by atoms with E-state index in [0.717, 1.165) is 6.42 Å². The van der Waals surface area contributed by atoms with Crippen LogP contribution in [0.1, 0.15) is 30.1 Å². The lowest BCUT2D eigenvalue weighted by Gasteiger charge is -2.44. The number of hydrogen-bond donors (Lipinski definition) is 2. The number of carbonyl (C=O) groups excluding carboxylic acids is 2. The number of carboxylic acids is 1. The molecule has 0 radical (unpaired) electrons. The van der Waals surface area contributed by atoms with Gasteiger partial charge in [-0.3, -0.25) is 19.4 Å². The van der Waals surface area contributed by atoms with Crippen LogP contribution < -0.4 is 0 Å². The van der Waals surface area contributed by atoms with E-state index in [-0.39, 0.29) is 40.4 Å². The summed E-state index contributed by atoms with van der Waals surface area (Å²) in [6, 6.07) is 5.48. The molecule has 166 valence electrons. The molecule has 1 amide bonds. The van der Waals surface area contributed by atoms with E-state index in [9.17, 15) is 29.0 Å². The fourth-order valence-electron chi connectivity index (χ4n) is 4.11. The number of halogens is 1. The number of amides is 1. The molecule has 0 spiro atoms. The lowest BCUT2D eigenvalue weighted by atomic mass is 9.90. The number of benzene rings is 1. The predicted molar refractivity (Wildman–Crippen MR) is 116 cm³/mol. The van der Waals surface area contributed by atoms with Crippen molar-refractivity contribution in [1.82, 2.24) is 9.80 Å². The van der Waals surface area contributed by atoms with Gasteiger partial charge in [0.15, 0.2) is 11.5 Å². The van der Waals surface area contributed by atoms with Gasteiger partial charge >= 0.3 is 5.97 Å². The topological polar surface area (TPSA) is 98.2 Å². The number of aliphatic hydroxyl groups excluding tert-OH is 1. The molecule has 1 aromatic carbocycles. The highest BCUT2D eigenvalue weighted by atomic mass is 32.2. The van der Waals surface area contributed by atoms with Crippen LogP contribution in [0.15, 0.2) is 34.2 Å². The molecule has 0 saturated carbocycles. The van der Waals surface area contributed by atoms with E-state index < -0.39 is 18.0 Å². The molecule has 10 heteroatoms. The zero-order valence-corrected chi connectivity index (χ0v) is 18.5. The van der Waals surface area contributed by atoms with E-state index in [1.165, 1.54) is 52.7 Å². The molecule has 3 heterocycles. The molecule has 2 fully saturated rings. The molecule has 0 aromatic heterocycles. The first-order valence-corrected chi connectivity index (χ1v) is 11.9. The molecule has 4 rings (SSSR count). The Morgan fingerprint density at radius 1 is 1.32 bits per heavy atom. The Morgan fingerprint density at radius 3 is 2.68 bits per heavy atom. The Morgan fingerprint density at radius 2 is 2.03 bits per heavy atom. The van der Waals surface area contributed by atoms with Crippen molar-refractivity contribution >= 4 is 41.2 Å². The summed E-state index contributed by atoms with van der Waals surface area (Å²) in [5, 5.41) is 19.5. The summed E-state index contributed by atoms with van der Waals surface area (Å²) >= 11 is 2.77. The molecule has 0 unspecified atom stereocenters. The maximum atomic E-state index is 13.0. The van der Waals surface area contributed by atoms with Gasteiger partial charge in [0.05, 0.1) is 22.8 Å². The largest absolute Gasteiger partial charge is 0.477 e. The van der Waals surface area contributed by atoms with E-state index in [0.29, 0.717) is 29.3 Å². The minimum atomic E-state index is -1.14. The number of aliphatic hydroxyl groups is 1. The van der Waals surface area contributed by atoms with E-state index in [1.807, 2.05) is 4.90 Å². The Hall–Kier alpha value is -1.88. The summed E-state index contributed by atoms with van der Waals surface area (Å²) in [5.41, 5.74) is 0.466. The number of fused-ring (bicyclic) bond motifs is 1. The number of nitrogens with zero attached hydrogens (tertiary/aromatic N) is 2. The van der Waals surface area contributed by atoms with E-state index in [2.05, 4.69) is 0 Å².